The zero-order valence-electron chi connectivity index (χ0n) is 12.7. The van der Waals surface area contributed by atoms with Crippen molar-refractivity contribution in [3.8, 4) is 11.6 Å². The molecule has 0 saturated heterocycles. The summed E-state index contributed by atoms with van der Waals surface area (Å²) in [6.07, 6.45) is 0. The molecule has 2 rings (SSSR count). The molecule has 0 saturated carbocycles. The fourth-order valence-corrected chi connectivity index (χ4v) is 1.82. The lowest BCUT2D eigenvalue weighted by Crippen LogP contribution is -2.27. The van der Waals surface area contributed by atoms with Gasteiger partial charge >= 0.3 is 6.03 Å². The van der Waals surface area contributed by atoms with Crippen LogP contribution in [-0.4, -0.2) is 30.0 Å². The van der Waals surface area contributed by atoms with Crippen LogP contribution in [0.4, 0.5) is 10.5 Å². The molecule has 0 fully saturated rings. The predicted molar refractivity (Wildman–Crippen MR) is 82.9 cm³/mol. The highest BCUT2D eigenvalue weighted by Crippen LogP contribution is 2.22. The van der Waals surface area contributed by atoms with Gasteiger partial charge in [-0.25, -0.2) is 9.78 Å². The maximum Gasteiger partial charge on any atom is 0.321 e. The molecular formula is C16H19N3O2. The molecule has 0 unspecified atom stereocenters. The van der Waals surface area contributed by atoms with Crippen LogP contribution >= 0.6 is 0 Å². The average Bonchev–Trinajstić information content (AvgIpc) is 2.39. The van der Waals surface area contributed by atoms with Crippen molar-refractivity contribution >= 4 is 11.7 Å². The quantitative estimate of drug-likeness (QED) is 0.937. The number of aryl methyl sites for hydroxylation is 2. The van der Waals surface area contributed by atoms with Gasteiger partial charge in [-0.2, -0.15) is 0 Å². The number of amides is 2. The summed E-state index contributed by atoms with van der Waals surface area (Å²) in [6, 6.07) is 10.9. The second-order valence-corrected chi connectivity index (χ2v) is 5.08. The number of urea groups is 1. The number of benzene rings is 1. The summed E-state index contributed by atoms with van der Waals surface area (Å²) in [6.45, 7) is 3.93. The van der Waals surface area contributed by atoms with Crippen LogP contribution in [0.3, 0.4) is 0 Å². The Morgan fingerprint density at radius 1 is 1.14 bits per heavy atom. The van der Waals surface area contributed by atoms with Crippen LogP contribution in [0.2, 0.25) is 0 Å². The van der Waals surface area contributed by atoms with Crippen LogP contribution in [0.25, 0.3) is 0 Å². The first-order chi connectivity index (χ1) is 9.94. The minimum Gasteiger partial charge on any atom is -0.439 e. The van der Waals surface area contributed by atoms with E-state index >= 15 is 0 Å². The molecule has 1 heterocycles. The van der Waals surface area contributed by atoms with E-state index < -0.39 is 0 Å². The third kappa shape index (κ3) is 4.21. The standard InChI is InChI=1S/C16H19N3O2/c1-11-9-12(2)17-15(10-11)21-14-7-5-13(6-8-14)18-16(20)19(3)4/h5-10H,1-4H3,(H,18,20). The molecule has 0 atom stereocenters. The predicted octanol–water partition coefficient (Wildman–Crippen LogP) is 3.58. The Morgan fingerprint density at radius 2 is 1.81 bits per heavy atom. The lowest BCUT2D eigenvalue weighted by molar-refractivity contribution is 0.230. The first-order valence-electron chi connectivity index (χ1n) is 6.65. The average molecular weight is 285 g/mol. The van der Waals surface area contributed by atoms with Gasteiger partial charge in [-0.15, -0.1) is 0 Å². The molecule has 2 amide bonds. The fraction of sp³-hybridized carbons (Fsp3) is 0.250. The van der Waals surface area contributed by atoms with Gasteiger partial charge < -0.3 is 15.0 Å². The van der Waals surface area contributed by atoms with Gasteiger partial charge in [-0.1, -0.05) is 0 Å². The number of carbonyl (C=O) groups excluding carboxylic acids is 1. The van der Waals surface area contributed by atoms with Gasteiger partial charge in [0.2, 0.25) is 5.88 Å². The van der Waals surface area contributed by atoms with Crippen molar-refractivity contribution in [1.82, 2.24) is 9.88 Å². The van der Waals surface area contributed by atoms with Crippen LogP contribution in [0, 0.1) is 13.8 Å². The molecule has 1 aromatic heterocycles. The second-order valence-electron chi connectivity index (χ2n) is 5.08. The highest BCUT2D eigenvalue weighted by molar-refractivity contribution is 5.88. The Morgan fingerprint density at radius 3 is 2.38 bits per heavy atom. The highest BCUT2D eigenvalue weighted by atomic mass is 16.5. The molecule has 2 aromatic rings. The smallest absolute Gasteiger partial charge is 0.321 e. The molecule has 5 heteroatoms. The highest BCUT2D eigenvalue weighted by Gasteiger charge is 2.05. The molecule has 1 aromatic carbocycles. The summed E-state index contributed by atoms with van der Waals surface area (Å²) in [5.74, 6) is 1.24. The van der Waals surface area contributed by atoms with Crippen molar-refractivity contribution in [2.75, 3.05) is 19.4 Å². The van der Waals surface area contributed by atoms with Gasteiger partial charge in [0.05, 0.1) is 0 Å². The normalized spacial score (nSPS) is 10.1. The summed E-state index contributed by atoms with van der Waals surface area (Å²) < 4.78 is 5.71. The van der Waals surface area contributed by atoms with E-state index in [1.807, 2.05) is 26.0 Å². The molecule has 0 aliphatic carbocycles. The lowest BCUT2D eigenvalue weighted by atomic mass is 10.2. The van der Waals surface area contributed by atoms with Gasteiger partial charge in [0.15, 0.2) is 0 Å². The fourth-order valence-electron chi connectivity index (χ4n) is 1.82. The molecule has 0 bridgehead atoms. The van der Waals surface area contributed by atoms with Crippen LogP contribution in [0.5, 0.6) is 11.6 Å². The zero-order chi connectivity index (χ0) is 15.4. The summed E-state index contributed by atoms with van der Waals surface area (Å²) in [4.78, 5) is 17.3. The van der Waals surface area contributed by atoms with E-state index in [-0.39, 0.29) is 6.03 Å². The van der Waals surface area contributed by atoms with Crippen molar-refractivity contribution < 1.29 is 9.53 Å². The van der Waals surface area contributed by atoms with Crippen molar-refractivity contribution in [3.05, 3.63) is 47.7 Å². The summed E-state index contributed by atoms with van der Waals surface area (Å²) in [5, 5.41) is 2.77. The van der Waals surface area contributed by atoms with Gasteiger partial charge in [0.25, 0.3) is 0 Å². The van der Waals surface area contributed by atoms with Gasteiger partial charge in [-0.05, 0) is 49.7 Å². The number of nitrogens with zero attached hydrogens (tertiary/aromatic N) is 2. The number of hydrogen-bond acceptors (Lipinski definition) is 3. The van der Waals surface area contributed by atoms with E-state index in [1.165, 1.54) is 4.90 Å². The Kier molecular flexibility index (Phi) is 4.42. The Labute approximate surface area is 124 Å². The Bertz CT molecular complexity index is 616. The van der Waals surface area contributed by atoms with Crippen LogP contribution in [-0.2, 0) is 0 Å². The minimum absolute atomic E-state index is 0.167. The van der Waals surface area contributed by atoms with E-state index in [0.717, 1.165) is 16.9 Å². The molecule has 0 aliphatic rings. The van der Waals surface area contributed by atoms with Crippen molar-refractivity contribution in [3.63, 3.8) is 0 Å². The van der Waals surface area contributed by atoms with Crippen LogP contribution in [0.1, 0.15) is 11.3 Å². The number of ether oxygens (including phenoxy) is 1. The molecule has 0 aliphatic heterocycles. The van der Waals surface area contributed by atoms with Gasteiger partial charge in [0.1, 0.15) is 5.75 Å². The molecular weight excluding hydrogens is 266 g/mol. The van der Waals surface area contributed by atoms with E-state index in [2.05, 4.69) is 10.3 Å². The Balaban J connectivity index is 2.07. The Hall–Kier alpha value is -2.56. The first kappa shape index (κ1) is 14.8. The summed E-state index contributed by atoms with van der Waals surface area (Å²) in [7, 11) is 3.39. The number of rotatable bonds is 3. The molecule has 110 valence electrons. The largest absolute Gasteiger partial charge is 0.439 e. The van der Waals surface area contributed by atoms with E-state index in [0.29, 0.717) is 11.6 Å². The van der Waals surface area contributed by atoms with Crippen LogP contribution in [0.15, 0.2) is 36.4 Å². The zero-order valence-corrected chi connectivity index (χ0v) is 12.7. The van der Waals surface area contributed by atoms with E-state index in [9.17, 15) is 4.79 Å². The van der Waals surface area contributed by atoms with Gasteiger partial charge in [-0.3, -0.25) is 0 Å². The van der Waals surface area contributed by atoms with Gasteiger partial charge in [0, 0.05) is 31.5 Å². The molecule has 0 spiro atoms. The van der Waals surface area contributed by atoms with Crippen molar-refractivity contribution in [1.29, 1.82) is 0 Å². The number of carbonyl (C=O) groups is 1. The third-order valence-corrected chi connectivity index (χ3v) is 2.81. The van der Waals surface area contributed by atoms with E-state index in [4.69, 9.17) is 4.74 Å². The number of anilines is 1. The number of pyridine rings is 1. The topological polar surface area (TPSA) is 54.5 Å². The second kappa shape index (κ2) is 6.26. The first-order valence-corrected chi connectivity index (χ1v) is 6.65. The van der Waals surface area contributed by atoms with E-state index in [1.54, 1.807) is 38.4 Å². The number of nitrogens with one attached hydrogen (secondary N) is 1. The number of aromatic nitrogens is 1. The maximum absolute atomic E-state index is 11.5. The molecule has 1 N–H and O–H groups in total. The SMILES string of the molecule is Cc1cc(C)nc(Oc2ccc(NC(=O)N(C)C)cc2)c1. The lowest BCUT2D eigenvalue weighted by Gasteiger charge is -2.12. The van der Waals surface area contributed by atoms with Crippen molar-refractivity contribution in [2.45, 2.75) is 13.8 Å². The molecule has 0 radical (unpaired) electrons. The van der Waals surface area contributed by atoms with Crippen LogP contribution < -0.4 is 10.1 Å². The third-order valence-electron chi connectivity index (χ3n) is 2.81. The minimum atomic E-state index is -0.167. The summed E-state index contributed by atoms with van der Waals surface area (Å²) >= 11 is 0. The molecule has 21 heavy (non-hydrogen) atoms. The summed E-state index contributed by atoms with van der Waals surface area (Å²) in [5.41, 5.74) is 2.74. The number of hydrogen-bond donors (Lipinski definition) is 1. The van der Waals surface area contributed by atoms with Crippen molar-refractivity contribution in [2.24, 2.45) is 0 Å². The monoisotopic (exact) mass is 285 g/mol. The maximum atomic E-state index is 11.5. The molecule has 5 nitrogen and oxygen atoms in total.